The predicted octanol–water partition coefficient (Wildman–Crippen LogP) is 1.24. The number of imide groups is 1. The maximum absolute atomic E-state index is 11.1. The van der Waals surface area contributed by atoms with Crippen LogP contribution in [0.3, 0.4) is 0 Å². The highest BCUT2D eigenvalue weighted by molar-refractivity contribution is 6.31. The Hall–Kier alpha value is -1.49. The lowest BCUT2D eigenvalue weighted by Crippen LogP contribution is -2.20. The molecule has 1 fully saturated rings. The van der Waals surface area contributed by atoms with Gasteiger partial charge in [-0.25, -0.2) is 4.79 Å². The highest BCUT2D eigenvalue weighted by Gasteiger charge is 2.37. The second-order valence-corrected chi connectivity index (χ2v) is 2.81. The van der Waals surface area contributed by atoms with Crippen LogP contribution in [0, 0.1) is 0 Å². The van der Waals surface area contributed by atoms with Crippen LogP contribution in [0.1, 0.15) is 11.9 Å². The Balaban J connectivity index is 2.32. The summed E-state index contributed by atoms with van der Waals surface area (Å²) in [6.07, 6.45) is -0.533. The fourth-order valence-electron chi connectivity index (χ4n) is 1.02. The average Bonchev–Trinajstić information content (AvgIpc) is 2.58. The molecular weight excluding hydrogens is 198 g/mol. The molecule has 1 aromatic rings. The Morgan fingerprint density at radius 3 is 2.69 bits per heavy atom. The Kier molecular flexibility index (Phi) is 1.73. The molecule has 0 bridgehead atoms. The minimum absolute atomic E-state index is 0.144. The summed E-state index contributed by atoms with van der Waals surface area (Å²) in [5, 5.41) is 2.22. The first-order valence-electron chi connectivity index (χ1n) is 3.43. The summed E-state index contributed by atoms with van der Waals surface area (Å²) in [5.41, 5.74) is 0. The number of hydrogen-bond acceptors (Lipinski definition) is 4. The Bertz CT molecular complexity index is 372. The molecule has 5 nitrogen and oxygen atoms in total. The molecule has 0 aliphatic carbocycles. The topological polar surface area (TPSA) is 68.5 Å². The molecule has 1 atom stereocenters. The number of hydrogen-bond donors (Lipinski definition) is 1. The summed E-state index contributed by atoms with van der Waals surface area (Å²) in [7, 11) is 0. The van der Waals surface area contributed by atoms with Crippen molar-refractivity contribution in [2.45, 2.75) is 6.10 Å². The zero-order valence-electron chi connectivity index (χ0n) is 6.24. The SMILES string of the molecule is O=C1NC(=O)C(c2occc2Cl)O1. The second-order valence-electron chi connectivity index (χ2n) is 2.41. The quantitative estimate of drug-likeness (QED) is 0.742. The lowest BCUT2D eigenvalue weighted by atomic mass is 10.3. The van der Waals surface area contributed by atoms with Crippen molar-refractivity contribution in [2.75, 3.05) is 0 Å². The number of halogens is 1. The van der Waals surface area contributed by atoms with E-state index in [-0.39, 0.29) is 10.8 Å². The molecule has 0 saturated carbocycles. The van der Waals surface area contributed by atoms with Crippen LogP contribution in [0.2, 0.25) is 5.02 Å². The largest absolute Gasteiger partial charge is 0.463 e. The number of nitrogens with one attached hydrogen (secondary N) is 1. The number of carbonyl (C=O) groups excluding carboxylic acids is 2. The summed E-state index contributed by atoms with van der Waals surface area (Å²) in [6, 6.07) is 1.47. The van der Waals surface area contributed by atoms with E-state index in [1.807, 2.05) is 5.32 Å². The molecule has 1 unspecified atom stereocenters. The summed E-state index contributed by atoms with van der Waals surface area (Å²) in [6.45, 7) is 0. The van der Waals surface area contributed by atoms with Crippen LogP contribution < -0.4 is 5.32 Å². The van der Waals surface area contributed by atoms with Crippen LogP contribution in [-0.4, -0.2) is 12.0 Å². The Morgan fingerprint density at radius 1 is 1.46 bits per heavy atom. The van der Waals surface area contributed by atoms with Crippen LogP contribution in [0.5, 0.6) is 0 Å². The van der Waals surface area contributed by atoms with Crippen LogP contribution in [0.4, 0.5) is 4.79 Å². The summed E-state index contributed by atoms with van der Waals surface area (Å²) >= 11 is 5.67. The first-order valence-corrected chi connectivity index (χ1v) is 3.80. The number of amides is 2. The van der Waals surface area contributed by atoms with E-state index < -0.39 is 18.1 Å². The third-order valence-corrected chi connectivity index (χ3v) is 1.88. The van der Waals surface area contributed by atoms with Crippen LogP contribution >= 0.6 is 11.6 Å². The predicted molar refractivity (Wildman–Crippen MR) is 41.1 cm³/mol. The van der Waals surface area contributed by atoms with Crippen molar-refractivity contribution in [1.29, 1.82) is 0 Å². The van der Waals surface area contributed by atoms with Crippen molar-refractivity contribution in [3.05, 3.63) is 23.1 Å². The number of alkyl carbamates (subject to hydrolysis) is 1. The summed E-state index contributed by atoms with van der Waals surface area (Å²) < 4.78 is 9.52. The van der Waals surface area contributed by atoms with E-state index in [9.17, 15) is 9.59 Å². The number of furan rings is 1. The molecule has 0 radical (unpaired) electrons. The molecule has 68 valence electrons. The second kappa shape index (κ2) is 2.77. The van der Waals surface area contributed by atoms with Gasteiger partial charge in [0, 0.05) is 0 Å². The van der Waals surface area contributed by atoms with Gasteiger partial charge in [-0.15, -0.1) is 0 Å². The van der Waals surface area contributed by atoms with Crippen LogP contribution in [0.15, 0.2) is 16.7 Å². The van der Waals surface area contributed by atoms with Crippen LogP contribution in [-0.2, 0) is 9.53 Å². The van der Waals surface area contributed by atoms with Crippen LogP contribution in [0.25, 0.3) is 0 Å². The molecule has 2 heterocycles. The van der Waals surface area contributed by atoms with Crippen molar-refractivity contribution in [1.82, 2.24) is 5.32 Å². The van der Waals surface area contributed by atoms with E-state index in [4.69, 9.17) is 16.0 Å². The van der Waals surface area contributed by atoms with Gasteiger partial charge in [-0.3, -0.25) is 10.1 Å². The molecule has 1 aromatic heterocycles. The van der Waals surface area contributed by atoms with Gasteiger partial charge in [-0.05, 0) is 6.07 Å². The smallest absolute Gasteiger partial charge is 0.415 e. The van der Waals surface area contributed by atoms with Gasteiger partial charge >= 0.3 is 6.09 Å². The van der Waals surface area contributed by atoms with Gasteiger partial charge in [0.1, 0.15) is 0 Å². The van der Waals surface area contributed by atoms with E-state index >= 15 is 0 Å². The molecule has 13 heavy (non-hydrogen) atoms. The van der Waals surface area contributed by atoms with E-state index in [0.29, 0.717) is 0 Å². The molecule has 1 aliphatic rings. The van der Waals surface area contributed by atoms with Crippen molar-refractivity contribution in [3.63, 3.8) is 0 Å². The highest BCUT2D eigenvalue weighted by Crippen LogP contribution is 2.29. The maximum atomic E-state index is 11.1. The van der Waals surface area contributed by atoms with E-state index in [1.165, 1.54) is 12.3 Å². The lowest BCUT2D eigenvalue weighted by Gasteiger charge is -2.01. The third kappa shape index (κ3) is 1.27. The normalized spacial score (nSPS) is 21.5. The molecular formula is C7H4ClNO4. The minimum atomic E-state index is -1.06. The van der Waals surface area contributed by atoms with E-state index in [1.54, 1.807) is 0 Å². The van der Waals surface area contributed by atoms with Gasteiger partial charge in [0.2, 0.25) is 6.10 Å². The van der Waals surface area contributed by atoms with Crippen molar-refractivity contribution in [2.24, 2.45) is 0 Å². The maximum Gasteiger partial charge on any atom is 0.415 e. The summed E-state index contributed by atoms with van der Waals surface area (Å²) in [5.74, 6) is -0.424. The number of rotatable bonds is 1. The van der Waals surface area contributed by atoms with Gasteiger partial charge in [0.25, 0.3) is 5.91 Å². The van der Waals surface area contributed by atoms with Crippen molar-refractivity contribution >= 4 is 23.6 Å². The first kappa shape index (κ1) is 8.12. The molecule has 0 aromatic carbocycles. The summed E-state index contributed by atoms with van der Waals surface area (Å²) in [4.78, 5) is 21.7. The van der Waals surface area contributed by atoms with E-state index in [2.05, 4.69) is 4.74 Å². The zero-order valence-corrected chi connectivity index (χ0v) is 7.00. The first-order chi connectivity index (χ1) is 6.18. The number of carbonyl (C=O) groups is 2. The number of cyclic esters (lactones) is 1. The molecule has 1 saturated heterocycles. The molecule has 1 N–H and O–H groups in total. The minimum Gasteiger partial charge on any atom is -0.463 e. The standard InChI is InChI=1S/C7H4ClNO4/c8-3-1-2-12-4(3)5-6(10)9-7(11)13-5/h1-2,5H,(H,9,10,11). The van der Waals surface area contributed by atoms with Gasteiger partial charge in [0.05, 0.1) is 11.3 Å². The molecule has 0 spiro atoms. The lowest BCUT2D eigenvalue weighted by molar-refractivity contribution is -0.124. The monoisotopic (exact) mass is 201 g/mol. The van der Waals surface area contributed by atoms with Crippen molar-refractivity contribution < 1.29 is 18.7 Å². The zero-order chi connectivity index (χ0) is 9.42. The molecule has 1 aliphatic heterocycles. The highest BCUT2D eigenvalue weighted by atomic mass is 35.5. The number of ether oxygens (including phenoxy) is 1. The van der Waals surface area contributed by atoms with Gasteiger partial charge in [-0.2, -0.15) is 0 Å². The average molecular weight is 202 g/mol. The fraction of sp³-hybridized carbons (Fsp3) is 0.143. The van der Waals surface area contributed by atoms with Gasteiger partial charge in [-0.1, -0.05) is 11.6 Å². The van der Waals surface area contributed by atoms with Gasteiger partial charge in [0.15, 0.2) is 5.76 Å². The third-order valence-electron chi connectivity index (χ3n) is 1.57. The Labute approximate surface area is 77.6 Å². The van der Waals surface area contributed by atoms with E-state index in [0.717, 1.165) is 0 Å². The van der Waals surface area contributed by atoms with Crippen molar-refractivity contribution in [3.8, 4) is 0 Å². The fourth-order valence-corrected chi connectivity index (χ4v) is 1.22. The Morgan fingerprint density at radius 2 is 2.23 bits per heavy atom. The van der Waals surface area contributed by atoms with Gasteiger partial charge < -0.3 is 9.15 Å². The molecule has 2 amide bonds. The molecule has 6 heteroatoms. The molecule has 2 rings (SSSR count).